The van der Waals surface area contributed by atoms with Crippen LogP contribution in [0.15, 0.2) is 71.5 Å². The van der Waals surface area contributed by atoms with Gasteiger partial charge in [-0.2, -0.15) is 0 Å². The normalized spacial score (nSPS) is 11.8. The van der Waals surface area contributed by atoms with E-state index in [2.05, 4.69) is 31.2 Å². The van der Waals surface area contributed by atoms with E-state index in [-0.39, 0.29) is 5.75 Å². The van der Waals surface area contributed by atoms with Gasteiger partial charge >= 0.3 is 0 Å². The largest absolute Gasteiger partial charge is 0.505 e. The summed E-state index contributed by atoms with van der Waals surface area (Å²) in [7, 11) is 3.18. The molecule has 2 aromatic heterocycles. The molecule has 152 valence electrons. The molecule has 0 aliphatic rings. The van der Waals surface area contributed by atoms with E-state index in [1.165, 1.54) is 0 Å². The Morgan fingerprint density at radius 2 is 1.80 bits per heavy atom. The summed E-state index contributed by atoms with van der Waals surface area (Å²) in [5.74, 6) is 1.97. The number of aromatic hydroxyl groups is 1. The van der Waals surface area contributed by atoms with Crippen LogP contribution >= 0.6 is 15.9 Å². The van der Waals surface area contributed by atoms with Crippen molar-refractivity contribution >= 4 is 32.7 Å². The third-order valence-electron chi connectivity index (χ3n) is 4.84. The van der Waals surface area contributed by atoms with E-state index in [4.69, 9.17) is 9.47 Å². The van der Waals surface area contributed by atoms with E-state index >= 15 is 0 Å². The number of rotatable bonds is 6. The van der Waals surface area contributed by atoms with Gasteiger partial charge in [0.15, 0.2) is 11.5 Å². The highest BCUT2D eigenvalue weighted by molar-refractivity contribution is 9.10. The minimum Gasteiger partial charge on any atom is -0.505 e. The van der Waals surface area contributed by atoms with Crippen LogP contribution in [0.25, 0.3) is 10.9 Å². The second kappa shape index (κ2) is 8.59. The van der Waals surface area contributed by atoms with Crippen molar-refractivity contribution in [3.63, 3.8) is 0 Å². The molecule has 0 unspecified atom stereocenters. The number of nitrogens with one attached hydrogen (secondary N) is 1. The summed E-state index contributed by atoms with van der Waals surface area (Å²) >= 11 is 3.56. The summed E-state index contributed by atoms with van der Waals surface area (Å²) in [4.78, 5) is 8.74. The summed E-state index contributed by atoms with van der Waals surface area (Å²) in [5, 5.41) is 15.3. The van der Waals surface area contributed by atoms with E-state index in [9.17, 15) is 5.11 Å². The third kappa shape index (κ3) is 3.76. The van der Waals surface area contributed by atoms with Gasteiger partial charge in [-0.25, -0.2) is 4.98 Å². The number of hydrogen-bond acceptors (Lipinski definition) is 6. The average molecular weight is 466 g/mol. The van der Waals surface area contributed by atoms with Crippen molar-refractivity contribution in [3.8, 4) is 17.2 Å². The molecular formula is C23H20BrN3O3. The first kappa shape index (κ1) is 20.0. The summed E-state index contributed by atoms with van der Waals surface area (Å²) in [6.07, 6.45) is 3.38. The molecule has 4 aromatic rings. The maximum Gasteiger partial charge on any atom is 0.174 e. The highest BCUT2D eigenvalue weighted by Crippen LogP contribution is 2.42. The van der Waals surface area contributed by atoms with Gasteiger partial charge in [0.2, 0.25) is 0 Å². The molecule has 0 saturated carbocycles. The highest BCUT2D eigenvalue weighted by Gasteiger charge is 2.23. The molecule has 7 heteroatoms. The fraction of sp³-hybridized carbons (Fsp3) is 0.130. The van der Waals surface area contributed by atoms with Gasteiger partial charge in [-0.3, -0.25) is 4.98 Å². The highest BCUT2D eigenvalue weighted by atomic mass is 79.9. The Kier molecular flexibility index (Phi) is 5.72. The number of methoxy groups -OCH3 is 2. The quantitative estimate of drug-likeness (QED) is 0.401. The molecule has 6 nitrogen and oxygen atoms in total. The van der Waals surface area contributed by atoms with E-state index in [1.807, 2.05) is 54.6 Å². The molecule has 30 heavy (non-hydrogen) atoms. The fourth-order valence-corrected chi connectivity index (χ4v) is 4.04. The molecule has 0 bridgehead atoms. The van der Waals surface area contributed by atoms with Crippen molar-refractivity contribution in [2.75, 3.05) is 19.5 Å². The Morgan fingerprint density at radius 1 is 0.967 bits per heavy atom. The number of halogens is 1. The molecule has 2 N–H and O–H groups in total. The molecule has 0 aliphatic heterocycles. The molecule has 4 rings (SSSR count). The zero-order valence-corrected chi connectivity index (χ0v) is 18.1. The maximum absolute atomic E-state index is 11.1. The van der Waals surface area contributed by atoms with Gasteiger partial charge in [0.1, 0.15) is 17.1 Å². The predicted octanol–water partition coefficient (Wildman–Crippen LogP) is 5.32. The number of ether oxygens (including phenoxy) is 2. The van der Waals surface area contributed by atoms with Crippen molar-refractivity contribution in [3.05, 3.63) is 82.6 Å². The van der Waals surface area contributed by atoms with Gasteiger partial charge in [-0.1, -0.05) is 24.3 Å². The summed E-state index contributed by atoms with van der Waals surface area (Å²) in [5.41, 5.74) is 2.07. The van der Waals surface area contributed by atoms with Crippen LogP contribution in [0.3, 0.4) is 0 Å². The van der Waals surface area contributed by atoms with Crippen molar-refractivity contribution < 1.29 is 14.6 Å². The lowest BCUT2D eigenvalue weighted by Gasteiger charge is -2.23. The summed E-state index contributed by atoms with van der Waals surface area (Å²) < 4.78 is 11.7. The molecule has 0 aliphatic carbocycles. The molecule has 2 aromatic carbocycles. The number of anilines is 1. The van der Waals surface area contributed by atoms with Crippen LogP contribution in [0, 0.1) is 0 Å². The van der Waals surface area contributed by atoms with Gasteiger partial charge in [0.05, 0.1) is 24.7 Å². The van der Waals surface area contributed by atoms with Gasteiger partial charge in [0.25, 0.3) is 0 Å². The van der Waals surface area contributed by atoms with Crippen LogP contribution in [0.1, 0.15) is 17.2 Å². The van der Waals surface area contributed by atoms with Crippen LogP contribution in [-0.4, -0.2) is 29.3 Å². The van der Waals surface area contributed by atoms with Crippen LogP contribution in [0.5, 0.6) is 17.2 Å². The van der Waals surface area contributed by atoms with Gasteiger partial charge in [-0.05, 0) is 51.8 Å². The van der Waals surface area contributed by atoms with Crippen LogP contribution in [-0.2, 0) is 0 Å². The average Bonchev–Trinajstić information content (AvgIpc) is 2.78. The van der Waals surface area contributed by atoms with Gasteiger partial charge < -0.3 is 19.9 Å². The van der Waals surface area contributed by atoms with Crippen molar-refractivity contribution in [1.29, 1.82) is 0 Å². The van der Waals surface area contributed by atoms with Crippen molar-refractivity contribution in [1.82, 2.24) is 9.97 Å². The van der Waals surface area contributed by atoms with E-state index in [1.54, 1.807) is 26.6 Å². The van der Waals surface area contributed by atoms with E-state index in [0.717, 1.165) is 15.4 Å². The zero-order valence-electron chi connectivity index (χ0n) is 16.5. The van der Waals surface area contributed by atoms with Crippen LogP contribution < -0.4 is 14.8 Å². The Bertz CT molecular complexity index is 1190. The van der Waals surface area contributed by atoms with E-state index in [0.29, 0.717) is 28.4 Å². The molecule has 0 saturated heterocycles. The number of phenolic OH excluding ortho intramolecular Hbond substituents is 1. The number of phenols is 1. The number of aromatic nitrogens is 2. The van der Waals surface area contributed by atoms with Gasteiger partial charge in [-0.15, -0.1) is 0 Å². The minimum absolute atomic E-state index is 0.118. The predicted molar refractivity (Wildman–Crippen MR) is 120 cm³/mol. The first-order valence-electron chi connectivity index (χ1n) is 9.28. The summed E-state index contributed by atoms with van der Waals surface area (Å²) in [6.45, 7) is 0. The Balaban J connectivity index is 1.90. The zero-order chi connectivity index (χ0) is 21.1. The first-order valence-corrected chi connectivity index (χ1v) is 10.1. The molecule has 2 heterocycles. The fourth-order valence-electron chi connectivity index (χ4n) is 3.42. The molecule has 0 amide bonds. The first-order chi connectivity index (χ1) is 14.6. The minimum atomic E-state index is -0.414. The Morgan fingerprint density at radius 3 is 2.53 bits per heavy atom. The molecule has 0 fully saturated rings. The second-order valence-corrected chi connectivity index (χ2v) is 7.46. The standard InChI is InChI=1S/C23H20BrN3O3/c1-29-18-13-15(12-17(24)23(18)30-2)20(27-19-7-3-4-10-25-19)16-9-8-14-6-5-11-26-21(14)22(16)28/h3-13,20,28H,1-2H3,(H,25,27)/t20-/m1/s1. The topological polar surface area (TPSA) is 76.5 Å². The molecule has 0 spiro atoms. The molecule has 1 atom stereocenters. The lowest BCUT2D eigenvalue weighted by molar-refractivity contribution is 0.352. The SMILES string of the molecule is COc1cc([C@@H](Nc2ccccn2)c2ccc3cccnc3c2O)cc(Br)c1OC. The Labute approximate surface area is 182 Å². The number of nitrogens with zero attached hydrogens (tertiary/aromatic N) is 2. The molecular weight excluding hydrogens is 446 g/mol. The lowest BCUT2D eigenvalue weighted by atomic mass is 9.95. The number of benzene rings is 2. The maximum atomic E-state index is 11.1. The monoisotopic (exact) mass is 465 g/mol. The van der Waals surface area contributed by atoms with Crippen molar-refractivity contribution in [2.24, 2.45) is 0 Å². The van der Waals surface area contributed by atoms with Crippen molar-refractivity contribution in [2.45, 2.75) is 6.04 Å². The van der Waals surface area contributed by atoms with Crippen LogP contribution in [0.4, 0.5) is 5.82 Å². The number of hydrogen-bond donors (Lipinski definition) is 2. The second-order valence-electron chi connectivity index (χ2n) is 6.61. The Hall–Kier alpha value is -3.32. The summed E-state index contributed by atoms with van der Waals surface area (Å²) in [6, 6.07) is 16.6. The lowest BCUT2D eigenvalue weighted by Crippen LogP contribution is -2.14. The van der Waals surface area contributed by atoms with Crippen LogP contribution in [0.2, 0.25) is 0 Å². The van der Waals surface area contributed by atoms with E-state index < -0.39 is 6.04 Å². The van der Waals surface area contributed by atoms with Gasteiger partial charge in [0, 0.05) is 23.3 Å². The number of fused-ring (bicyclic) bond motifs is 1. The number of pyridine rings is 2. The third-order valence-corrected chi connectivity index (χ3v) is 5.43. The molecule has 0 radical (unpaired) electrons. The smallest absolute Gasteiger partial charge is 0.174 e.